The second-order valence-corrected chi connectivity index (χ2v) is 7.61. The lowest BCUT2D eigenvalue weighted by molar-refractivity contribution is -0.113. The lowest BCUT2D eigenvalue weighted by atomic mass is 10.2. The zero-order chi connectivity index (χ0) is 19.4. The number of halogens is 1. The first kappa shape index (κ1) is 19.5. The highest BCUT2D eigenvalue weighted by Gasteiger charge is 2.35. The number of nitrogens with zero attached hydrogens (tertiary/aromatic N) is 1. The summed E-state index contributed by atoms with van der Waals surface area (Å²) in [7, 11) is 3.10. The average molecular weight is 418 g/mol. The molecule has 7 heteroatoms. The number of amides is 1. The molecule has 0 spiro atoms. The highest BCUT2D eigenvalue weighted by Crippen LogP contribution is 2.41. The van der Waals surface area contributed by atoms with E-state index in [0.717, 1.165) is 5.56 Å². The summed E-state index contributed by atoms with van der Waals surface area (Å²) in [6.07, 6.45) is 3.42. The van der Waals surface area contributed by atoms with Crippen LogP contribution in [-0.4, -0.2) is 24.4 Å². The van der Waals surface area contributed by atoms with Gasteiger partial charge in [0.1, 0.15) is 11.5 Å². The number of ether oxygens (including phenoxy) is 2. The van der Waals surface area contributed by atoms with Crippen molar-refractivity contribution in [1.82, 2.24) is 0 Å². The van der Waals surface area contributed by atoms with Crippen LogP contribution in [0.4, 0.5) is 5.69 Å². The van der Waals surface area contributed by atoms with Crippen molar-refractivity contribution in [2.75, 3.05) is 19.1 Å². The first-order chi connectivity index (χ1) is 13.0. The van der Waals surface area contributed by atoms with E-state index in [0.29, 0.717) is 31.4 Å². The molecule has 0 bridgehead atoms. The second-order valence-electron chi connectivity index (χ2n) is 5.49. The van der Waals surface area contributed by atoms with E-state index in [-0.39, 0.29) is 5.91 Å². The van der Waals surface area contributed by atoms with Crippen molar-refractivity contribution in [3.05, 3.63) is 70.1 Å². The second kappa shape index (κ2) is 8.61. The molecule has 3 rings (SSSR count). The van der Waals surface area contributed by atoms with Crippen molar-refractivity contribution < 1.29 is 14.3 Å². The zero-order valence-electron chi connectivity index (χ0n) is 14.6. The van der Waals surface area contributed by atoms with E-state index >= 15 is 0 Å². The zero-order valence-corrected chi connectivity index (χ0v) is 17.0. The molecule has 0 N–H and O–H groups in total. The van der Waals surface area contributed by atoms with Gasteiger partial charge in [-0.2, -0.15) is 0 Å². The molecular weight excluding hydrogens is 402 g/mol. The molecule has 1 saturated heterocycles. The number of benzene rings is 2. The highest BCUT2D eigenvalue weighted by atomic mass is 35.5. The van der Waals surface area contributed by atoms with E-state index in [1.54, 1.807) is 37.5 Å². The molecule has 1 fully saturated rings. The minimum absolute atomic E-state index is 0.243. The first-order valence-electron chi connectivity index (χ1n) is 7.95. The van der Waals surface area contributed by atoms with Gasteiger partial charge in [-0.1, -0.05) is 65.9 Å². The maximum absolute atomic E-state index is 12.9. The van der Waals surface area contributed by atoms with E-state index in [2.05, 4.69) is 0 Å². The van der Waals surface area contributed by atoms with Crippen molar-refractivity contribution in [2.45, 2.75) is 0 Å². The van der Waals surface area contributed by atoms with Crippen molar-refractivity contribution >= 4 is 57.6 Å². The minimum atomic E-state index is -0.243. The van der Waals surface area contributed by atoms with Gasteiger partial charge in [-0.25, -0.2) is 0 Å². The molecule has 0 aliphatic carbocycles. The fourth-order valence-corrected chi connectivity index (χ4v) is 4.10. The van der Waals surface area contributed by atoms with E-state index in [9.17, 15) is 4.79 Å². The Balaban J connectivity index is 1.90. The van der Waals surface area contributed by atoms with Crippen LogP contribution in [0.5, 0.6) is 11.5 Å². The molecule has 4 nitrogen and oxygen atoms in total. The number of thiocarbonyl (C=S) groups is 1. The number of hydrogen-bond acceptors (Lipinski definition) is 5. The summed E-state index contributed by atoms with van der Waals surface area (Å²) in [5, 5.41) is 0.448. The third-order valence-electron chi connectivity index (χ3n) is 3.79. The molecule has 1 aliphatic heterocycles. The summed E-state index contributed by atoms with van der Waals surface area (Å²) >= 11 is 12.9. The maximum atomic E-state index is 12.9. The Kier molecular flexibility index (Phi) is 6.21. The summed E-state index contributed by atoms with van der Waals surface area (Å²) in [6.45, 7) is 0. The Morgan fingerprint density at radius 3 is 2.56 bits per heavy atom. The molecule has 2 aromatic carbocycles. The Morgan fingerprint density at radius 2 is 1.89 bits per heavy atom. The van der Waals surface area contributed by atoms with E-state index in [1.165, 1.54) is 23.8 Å². The van der Waals surface area contributed by atoms with Crippen LogP contribution in [0, 0.1) is 0 Å². The summed E-state index contributed by atoms with van der Waals surface area (Å²) < 4.78 is 11.0. The third-order valence-corrected chi connectivity index (χ3v) is 5.31. The molecule has 2 aromatic rings. The molecule has 0 aromatic heterocycles. The number of allylic oxidation sites excluding steroid dienone is 2. The van der Waals surface area contributed by atoms with Crippen molar-refractivity contribution in [2.24, 2.45) is 0 Å². The lowest BCUT2D eigenvalue weighted by Gasteiger charge is -2.18. The molecule has 1 amide bonds. The number of hydrogen-bond donors (Lipinski definition) is 0. The summed E-state index contributed by atoms with van der Waals surface area (Å²) in [5.74, 6) is 0.885. The predicted molar refractivity (Wildman–Crippen MR) is 116 cm³/mol. The Hall–Kier alpha value is -2.28. The standard InChI is InChI=1S/C20H16ClNO3S2/c1-24-15-8-9-16(17(12-15)25-2)22-19(23)18(27-20(22)26)11-14(21)10-13-6-4-3-5-7-13/h3-12H,1-2H3/b14-10-,18-11-. The monoisotopic (exact) mass is 417 g/mol. The van der Waals surface area contributed by atoms with Crippen LogP contribution in [-0.2, 0) is 4.79 Å². The fraction of sp³-hybridized carbons (Fsp3) is 0.100. The molecule has 0 saturated carbocycles. The van der Waals surface area contributed by atoms with Crippen LogP contribution in [0.1, 0.15) is 5.56 Å². The van der Waals surface area contributed by atoms with Crippen LogP contribution >= 0.6 is 35.6 Å². The molecule has 0 radical (unpaired) electrons. The number of rotatable bonds is 5. The van der Waals surface area contributed by atoms with E-state index < -0.39 is 0 Å². The number of carbonyl (C=O) groups is 1. The topological polar surface area (TPSA) is 38.8 Å². The van der Waals surface area contributed by atoms with Gasteiger partial charge >= 0.3 is 0 Å². The summed E-state index contributed by atoms with van der Waals surface area (Å²) in [4.78, 5) is 14.8. The lowest BCUT2D eigenvalue weighted by Crippen LogP contribution is -2.28. The Bertz CT molecular complexity index is 941. The summed E-state index contributed by atoms with van der Waals surface area (Å²) in [6, 6.07) is 14.8. The van der Waals surface area contributed by atoms with Crippen LogP contribution in [0.25, 0.3) is 6.08 Å². The van der Waals surface area contributed by atoms with Gasteiger partial charge in [0.2, 0.25) is 0 Å². The predicted octanol–water partition coefficient (Wildman–Crippen LogP) is 5.23. The van der Waals surface area contributed by atoms with E-state index in [1.807, 2.05) is 30.3 Å². The van der Waals surface area contributed by atoms with Gasteiger partial charge in [0.15, 0.2) is 4.32 Å². The quantitative estimate of drug-likeness (QED) is 0.491. The van der Waals surface area contributed by atoms with Crippen molar-refractivity contribution in [3.8, 4) is 11.5 Å². The average Bonchev–Trinajstić information content (AvgIpc) is 2.95. The molecular formula is C20H16ClNO3S2. The number of carbonyl (C=O) groups excluding carboxylic acids is 1. The molecule has 27 heavy (non-hydrogen) atoms. The maximum Gasteiger partial charge on any atom is 0.270 e. The largest absolute Gasteiger partial charge is 0.497 e. The van der Waals surface area contributed by atoms with Crippen LogP contribution in [0.2, 0.25) is 0 Å². The Morgan fingerprint density at radius 1 is 1.15 bits per heavy atom. The van der Waals surface area contributed by atoms with Crippen LogP contribution < -0.4 is 14.4 Å². The molecule has 138 valence electrons. The fourth-order valence-electron chi connectivity index (χ4n) is 2.52. The van der Waals surface area contributed by atoms with Gasteiger partial charge in [0, 0.05) is 11.1 Å². The van der Waals surface area contributed by atoms with Gasteiger partial charge < -0.3 is 9.47 Å². The number of anilines is 1. The van der Waals surface area contributed by atoms with Gasteiger partial charge in [0.25, 0.3) is 5.91 Å². The van der Waals surface area contributed by atoms with Crippen molar-refractivity contribution in [1.29, 1.82) is 0 Å². The SMILES string of the molecule is COc1ccc(N2C(=O)/C(=C/C(Cl)=C/c3ccccc3)SC2=S)c(OC)c1. The summed E-state index contributed by atoms with van der Waals surface area (Å²) in [5.41, 5.74) is 1.51. The normalized spacial score (nSPS) is 16.2. The molecule has 1 aliphatic rings. The highest BCUT2D eigenvalue weighted by molar-refractivity contribution is 8.27. The van der Waals surface area contributed by atoms with Gasteiger partial charge in [-0.05, 0) is 29.8 Å². The number of thioether (sulfide) groups is 1. The van der Waals surface area contributed by atoms with Gasteiger partial charge in [-0.15, -0.1) is 0 Å². The third kappa shape index (κ3) is 4.35. The van der Waals surface area contributed by atoms with Crippen LogP contribution in [0.3, 0.4) is 0 Å². The van der Waals surface area contributed by atoms with Gasteiger partial charge in [-0.3, -0.25) is 9.69 Å². The minimum Gasteiger partial charge on any atom is -0.497 e. The van der Waals surface area contributed by atoms with Crippen molar-refractivity contribution in [3.63, 3.8) is 0 Å². The smallest absolute Gasteiger partial charge is 0.270 e. The Labute approximate surface area is 172 Å². The van der Waals surface area contributed by atoms with E-state index in [4.69, 9.17) is 33.3 Å². The molecule has 0 unspecified atom stereocenters. The molecule has 1 heterocycles. The number of methoxy groups -OCH3 is 2. The first-order valence-corrected chi connectivity index (χ1v) is 9.56. The van der Waals surface area contributed by atoms with Gasteiger partial charge in [0.05, 0.1) is 24.8 Å². The van der Waals surface area contributed by atoms with Crippen LogP contribution in [0.15, 0.2) is 64.5 Å². The molecule has 0 atom stereocenters.